The molecule has 1 heterocycles. The first-order chi connectivity index (χ1) is 9.61. The van der Waals surface area contributed by atoms with E-state index in [4.69, 9.17) is 15.0 Å². The number of hydrogen-bond donors (Lipinski definition) is 2. The van der Waals surface area contributed by atoms with Gasteiger partial charge in [0.05, 0.1) is 24.0 Å². The summed E-state index contributed by atoms with van der Waals surface area (Å²) < 4.78 is 9.61. The van der Waals surface area contributed by atoms with Crippen LogP contribution in [0.15, 0.2) is 22.7 Å². The minimum Gasteiger partial charge on any atom is -0.465 e. The third-order valence-electron chi connectivity index (χ3n) is 2.72. The molecule has 0 saturated carbocycles. The monoisotopic (exact) mass is 276 g/mol. The van der Waals surface area contributed by atoms with Gasteiger partial charge in [-0.3, -0.25) is 0 Å². The molecular formula is C13H16N4O3. The predicted molar refractivity (Wildman–Crippen MR) is 73.4 cm³/mol. The van der Waals surface area contributed by atoms with Crippen LogP contribution in [-0.4, -0.2) is 29.8 Å². The molecule has 0 unspecified atom stereocenters. The number of nitrogens with two attached hydrogens (primary N) is 1. The molecule has 2 rings (SSSR count). The van der Waals surface area contributed by atoms with E-state index in [-0.39, 0.29) is 0 Å². The number of esters is 1. The highest BCUT2D eigenvalue weighted by molar-refractivity contribution is 5.98. The van der Waals surface area contributed by atoms with Crippen molar-refractivity contribution < 1.29 is 14.1 Å². The molecule has 0 aliphatic rings. The molecule has 3 N–H and O–H groups in total. The summed E-state index contributed by atoms with van der Waals surface area (Å²) in [7, 11) is 1.33. The molecule has 0 radical (unpaired) electrons. The fraction of sp³-hybridized carbons (Fsp3) is 0.308. The minimum atomic E-state index is -0.435. The van der Waals surface area contributed by atoms with Crippen molar-refractivity contribution in [1.82, 2.24) is 10.1 Å². The zero-order chi connectivity index (χ0) is 14.5. The van der Waals surface area contributed by atoms with E-state index in [0.717, 1.165) is 0 Å². The highest BCUT2D eigenvalue weighted by Crippen LogP contribution is 2.24. The molecular weight excluding hydrogens is 260 g/mol. The van der Waals surface area contributed by atoms with E-state index in [2.05, 4.69) is 15.5 Å². The lowest BCUT2D eigenvalue weighted by molar-refractivity contribution is 0.0602. The van der Waals surface area contributed by atoms with Gasteiger partial charge in [0.1, 0.15) is 0 Å². The largest absolute Gasteiger partial charge is 0.465 e. The summed E-state index contributed by atoms with van der Waals surface area (Å²) in [5.41, 5.74) is 7.32. The van der Waals surface area contributed by atoms with Gasteiger partial charge in [-0.25, -0.2) is 4.79 Å². The lowest BCUT2D eigenvalue weighted by Gasteiger charge is -2.12. The summed E-state index contributed by atoms with van der Waals surface area (Å²) in [6.45, 7) is 2.26. The standard InChI is InChI=1S/C13H16N4O3/c1-8-16-11(17-20-8)6-7-15-12-9(13(18)19-2)4-3-5-10(12)14/h3-5,15H,6-7,14H2,1-2H3. The van der Waals surface area contributed by atoms with Crippen molar-refractivity contribution in [1.29, 1.82) is 0 Å². The van der Waals surface area contributed by atoms with Crippen LogP contribution in [-0.2, 0) is 11.2 Å². The molecule has 7 heteroatoms. The number of ether oxygens (including phenoxy) is 1. The zero-order valence-electron chi connectivity index (χ0n) is 11.3. The van der Waals surface area contributed by atoms with Gasteiger partial charge in [-0.1, -0.05) is 11.2 Å². The summed E-state index contributed by atoms with van der Waals surface area (Å²) in [4.78, 5) is 15.8. The van der Waals surface area contributed by atoms with Crippen molar-refractivity contribution >= 4 is 17.3 Å². The summed E-state index contributed by atoms with van der Waals surface area (Å²) in [5.74, 6) is 0.689. The number of aromatic nitrogens is 2. The minimum absolute atomic E-state index is 0.400. The second kappa shape index (κ2) is 6.05. The second-order valence-electron chi connectivity index (χ2n) is 4.17. The average molecular weight is 276 g/mol. The van der Waals surface area contributed by atoms with E-state index in [0.29, 0.717) is 41.6 Å². The summed E-state index contributed by atoms with van der Waals surface area (Å²) in [5, 5.41) is 6.90. The van der Waals surface area contributed by atoms with Crippen LogP contribution in [0.2, 0.25) is 0 Å². The molecule has 106 valence electrons. The highest BCUT2D eigenvalue weighted by Gasteiger charge is 2.14. The van der Waals surface area contributed by atoms with E-state index < -0.39 is 5.97 Å². The Labute approximate surface area is 116 Å². The van der Waals surface area contributed by atoms with Gasteiger partial charge in [0.25, 0.3) is 0 Å². The van der Waals surface area contributed by atoms with E-state index in [1.54, 1.807) is 25.1 Å². The van der Waals surface area contributed by atoms with Crippen LogP contribution in [0.25, 0.3) is 0 Å². The summed E-state index contributed by atoms with van der Waals surface area (Å²) in [6, 6.07) is 5.08. The van der Waals surface area contributed by atoms with Crippen LogP contribution in [0, 0.1) is 6.92 Å². The Morgan fingerprint density at radius 2 is 2.30 bits per heavy atom. The fourth-order valence-corrected chi connectivity index (χ4v) is 1.79. The number of rotatable bonds is 5. The van der Waals surface area contributed by atoms with Crippen molar-refractivity contribution in [3.8, 4) is 0 Å². The number of anilines is 2. The van der Waals surface area contributed by atoms with Crippen LogP contribution in [0.3, 0.4) is 0 Å². The first-order valence-corrected chi connectivity index (χ1v) is 6.11. The molecule has 0 saturated heterocycles. The number of benzene rings is 1. The smallest absolute Gasteiger partial charge is 0.340 e. The van der Waals surface area contributed by atoms with Gasteiger partial charge in [-0.2, -0.15) is 4.98 Å². The van der Waals surface area contributed by atoms with Gasteiger partial charge in [0.15, 0.2) is 5.82 Å². The van der Waals surface area contributed by atoms with Crippen LogP contribution >= 0.6 is 0 Å². The Bertz CT molecular complexity index is 609. The van der Waals surface area contributed by atoms with E-state index >= 15 is 0 Å². The number of hydrogen-bond acceptors (Lipinski definition) is 7. The third-order valence-corrected chi connectivity index (χ3v) is 2.72. The first kappa shape index (κ1) is 13.9. The Morgan fingerprint density at radius 3 is 2.95 bits per heavy atom. The topological polar surface area (TPSA) is 103 Å². The fourth-order valence-electron chi connectivity index (χ4n) is 1.79. The predicted octanol–water partition coefficient (Wildman–Crippen LogP) is 1.40. The molecule has 0 aliphatic carbocycles. The first-order valence-electron chi connectivity index (χ1n) is 6.11. The summed E-state index contributed by atoms with van der Waals surface area (Å²) in [6.07, 6.45) is 0.562. The molecule has 0 bridgehead atoms. The zero-order valence-corrected chi connectivity index (χ0v) is 11.3. The molecule has 1 aromatic heterocycles. The summed E-state index contributed by atoms with van der Waals surface area (Å²) >= 11 is 0. The molecule has 1 aromatic carbocycles. The van der Waals surface area contributed by atoms with Crippen molar-refractivity contribution in [3.05, 3.63) is 35.5 Å². The van der Waals surface area contributed by atoms with Gasteiger partial charge in [-0.15, -0.1) is 0 Å². The van der Waals surface area contributed by atoms with Crippen LogP contribution < -0.4 is 11.1 Å². The van der Waals surface area contributed by atoms with E-state index in [9.17, 15) is 4.79 Å². The van der Waals surface area contributed by atoms with Gasteiger partial charge >= 0.3 is 5.97 Å². The van der Waals surface area contributed by atoms with Crippen molar-refractivity contribution in [3.63, 3.8) is 0 Å². The molecule has 7 nitrogen and oxygen atoms in total. The number of carbonyl (C=O) groups is 1. The maximum atomic E-state index is 11.7. The normalized spacial score (nSPS) is 10.3. The molecule has 0 atom stereocenters. The van der Waals surface area contributed by atoms with Crippen LogP contribution in [0.5, 0.6) is 0 Å². The lowest BCUT2D eigenvalue weighted by atomic mass is 10.1. The van der Waals surface area contributed by atoms with Gasteiger partial charge in [-0.05, 0) is 12.1 Å². The van der Waals surface area contributed by atoms with E-state index in [1.165, 1.54) is 7.11 Å². The quantitative estimate of drug-likeness (QED) is 0.628. The molecule has 20 heavy (non-hydrogen) atoms. The molecule has 0 fully saturated rings. The number of aryl methyl sites for hydroxylation is 1. The van der Waals surface area contributed by atoms with Gasteiger partial charge in [0.2, 0.25) is 5.89 Å². The Balaban J connectivity index is 2.06. The maximum absolute atomic E-state index is 11.7. The highest BCUT2D eigenvalue weighted by atomic mass is 16.5. The van der Waals surface area contributed by atoms with Crippen molar-refractivity contribution in [2.75, 3.05) is 24.7 Å². The second-order valence-corrected chi connectivity index (χ2v) is 4.17. The molecule has 0 aliphatic heterocycles. The Kier molecular flexibility index (Phi) is 4.19. The van der Waals surface area contributed by atoms with Gasteiger partial charge in [0, 0.05) is 19.9 Å². The number of nitrogens with one attached hydrogen (secondary N) is 1. The van der Waals surface area contributed by atoms with Gasteiger partial charge < -0.3 is 20.3 Å². The van der Waals surface area contributed by atoms with E-state index in [1.807, 2.05) is 0 Å². The Morgan fingerprint density at radius 1 is 1.50 bits per heavy atom. The lowest BCUT2D eigenvalue weighted by Crippen LogP contribution is -2.13. The number of carbonyl (C=O) groups excluding carboxylic acids is 1. The Hall–Kier alpha value is -2.57. The molecule has 2 aromatic rings. The average Bonchev–Trinajstić information content (AvgIpc) is 2.85. The number of para-hydroxylation sites is 1. The number of nitrogens with zero attached hydrogens (tertiary/aromatic N) is 2. The van der Waals surface area contributed by atoms with Crippen LogP contribution in [0.1, 0.15) is 22.1 Å². The van der Waals surface area contributed by atoms with Crippen LogP contribution in [0.4, 0.5) is 11.4 Å². The maximum Gasteiger partial charge on any atom is 0.340 e. The molecule has 0 amide bonds. The SMILES string of the molecule is COC(=O)c1cccc(N)c1NCCc1noc(C)n1. The van der Waals surface area contributed by atoms with Crippen molar-refractivity contribution in [2.45, 2.75) is 13.3 Å². The third kappa shape index (κ3) is 3.05. The van der Waals surface area contributed by atoms with Crippen molar-refractivity contribution in [2.24, 2.45) is 0 Å². The molecule has 0 spiro atoms. The number of methoxy groups -OCH3 is 1. The number of nitrogen functional groups attached to an aromatic ring is 1.